The monoisotopic (exact) mass is 348 g/mol. The maximum absolute atomic E-state index is 12.1. The minimum Gasteiger partial charge on any atom is -0.449 e. The molecule has 1 aliphatic rings. The second kappa shape index (κ2) is 7.55. The van der Waals surface area contributed by atoms with Crippen molar-refractivity contribution in [2.45, 2.75) is 58.3 Å². The molecule has 1 unspecified atom stereocenters. The van der Waals surface area contributed by atoms with Gasteiger partial charge in [0.2, 0.25) is 0 Å². The fraction of sp³-hybridized carbons (Fsp3) is 0.500. The van der Waals surface area contributed by atoms with Crippen LogP contribution in [0.1, 0.15) is 50.9 Å². The minimum atomic E-state index is -0.854. The molecule has 2 amide bonds. The third kappa shape index (κ3) is 6.45. The number of hydrogen-bond donors (Lipinski definition) is 2. The predicted molar refractivity (Wildman–Crippen MR) is 92.3 cm³/mol. The summed E-state index contributed by atoms with van der Waals surface area (Å²) < 4.78 is 10.3. The molecule has 2 rings (SSSR count). The molecule has 25 heavy (non-hydrogen) atoms. The fourth-order valence-electron chi connectivity index (χ4n) is 1.94. The molecule has 1 aromatic carbocycles. The van der Waals surface area contributed by atoms with Gasteiger partial charge in [-0.2, -0.15) is 0 Å². The molecule has 0 aliphatic heterocycles. The van der Waals surface area contributed by atoms with Crippen molar-refractivity contribution in [1.82, 2.24) is 5.32 Å². The second-order valence-electron chi connectivity index (χ2n) is 7.03. The van der Waals surface area contributed by atoms with E-state index in [4.69, 9.17) is 9.47 Å². The van der Waals surface area contributed by atoms with E-state index in [-0.39, 0.29) is 11.9 Å². The molecule has 0 bridgehead atoms. The molecule has 0 radical (unpaired) electrons. The molecular formula is C18H24N2O5. The lowest BCUT2D eigenvalue weighted by Gasteiger charge is -2.19. The Kier molecular flexibility index (Phi) is 5.66. The second-order valence-corrected chi connectivity index (χ2v) is 7.03. The Morgan fingerprint density at radius 3 is 2.24 bits per heavy atom. The van der Waals surface area contributed by atoms with E-state index in [9.17, 15) is 14.4 Å². The van der Waals surface area contributed by atoms with Crippen LogP contribution in [0.5, 0.6) is 0 Å². The maximum atomic E-state index is 12.1. The highest BCUT2D eigenvalue weighted by atomic mass is 16.6. The molecule has 1 aliphatic carbocycles. The van der Waals surface area contributed by atoms with E-state index in [2.05, 4.69) is 10.6 Å². The summed E-state index contributed by atoms with van der Waals surface area (Å²) in [5.74, 6) is -0.888. The number of amides is 2. The Morgan fingerprint density at radius 2 is 1.72 bits per heavy atom. The summed E-state index contributed by atoms with van der Waals surface area (Å²) in [6.07, 6.45) is 0.512. The first-order valence-corrected chi connectivity index (χ1v) is 8.25. The van der Waals surface area contributed by atoms with Crippen molar-refractivity contribution in [3.63, 3.8) is 0 Å². The number of anilines is 1. The molecule has 1 aromatic rings. The van der Waals surface area contributed by atoms with Crippen molar-refractivity contribution in [2.24, 2.45) is 0 Å². The highest BCUT2D eigenvalue weighted by Crippen LogP contribution is 2.19. The molecule has 136 valence electrons. The van der Waals surface area contributed by atoms with Crippen molar-refractivity contribution in [3.8, 4) is 0 Å². The lowest BCUT2D eigenvalue weighted by Crippen LogP contribution is -2.37. The van der Waals surface area contributed by atoms with E-state index in [1.165, 1.54) is 19.1 Å². The van der Waals surface area contributed by atoms with E-state index in [0.29, 0.717) is 11.3 Å². The number of benzene rings is 1. The molecule has 7 nitrogen and oxygen atoms in total. The number of nitrogens with one attached hydrogen (secondary N) is 2. The van der Waals surface area contributed by atoms with Crippen LogP contribution in [-0.4, -0.2) is 35.7 Å². The predicted octanol–water partition coefficient (Wildman–Crippen LogP) is 2.86. The average Bonchev–Trinajstić information content (AvgIpc) is 3.29. The van der Waals surface area contributed by atoms with Gasteiger partial charge in [-0.15, -0.1) is 0 Å². The maximum Gasteiger partial charge on any atom is 0.412 e. The smallest absolute Gasteiger partial charge is 0.412 e. The molecule has 0 saturated heterocycles. The zero-order valence-electron chi connectivity index (χ0n) is 14.9. The summed E-state index contributed by atoms with van der Waals surface area (Å²) in [7, 11) is 0. The summed E-state index contributed by atoms with van der Waals surface area (Å²) in [5, 5.41) is 5.36. The topological polar surface area (TPSA) is 93.7 Å². The van der Waals surface area contributed by atoms with Crippen LogP contribution >= 0.6 is 0 Å². The van der Waals surface area contributed by atoms with Gasteiger partial charge in [-0.05, 0) is 64.8 Å². The van der Waals surface area contributed by atoms with Gasteiger partial charge in [-0.3, -0.25) is 10.1 Å². The minimum absolute atomic E-state index is 0.215. The fourth-order valence-corrected chi connectivity index (χ4v) is 1.94. The largest absolute Gasteiger partial charge is 0.449 e. The van der Waals surface area contributed by atoms with Crippen LogP contribution < -0.4 is 10.6 Å². The van der Waals surface area contributed by atoms with Crippen LogP contribution in [0.2, 0.25) is 0 Å². The molecule has 1 fully saturated rings. The lowest BCUT2D eigenvalue weighted by atomic mass is 10.2. The summed E-state index contributed by atoms with van der Waals surface area (Å²) in [4.78, 5) is 35.6. The van der Waals surface area contributed by atoms with Gasteiger partial charge in [0.15, 0.2) is 6.10 Å². The molecule has 7 heteroatoms. The van der Waals surface area contributed by atoms with Crippen molar-refractivity contribution >= 4 is 23.7 Å². The average molecular weight is 348 g/mol. The highest BCUT2D eigenvalue weighted by Gasteiger charge is 2.27. The van der Waals surface area contributed by atoms with Gasteiger partial charge < -0.3 is 14.8 Å². The highest BCUT2D eigenvalue weighted by molar-refractivity contribution is 5.93. The standard InChI is InChI=1S/C18H24N2O5/c1-11(15(21)19-13-9-10-13)24-16(22)12-5-7-14(8-6-12)20-17(23)25-18(2,3)4/h5-8,11,13H,9-10H2,1-4H3,(H,19,21)(H,20,23). The van der Waals surface area contributed by atoms with E-state index in [0.717, 1.165) is 12.8 Å². The number of rotatable bonds is 5. The van der Waals surface area contributed by atoms with Gasteiger partial charge in [-0.1, -0.05) is 0 Å². The zero-order chi connectivity index (χ0) is 18.6. The number of esters is 1. The Balaban J connectivity index is 1.86. The van der Waals surface area contributed by atoms with Crippen LogP contribution in [-0.2, 0) is 14.3 Å². The number of carbonyl (C=O) groups is 3. The number of ether oxygens (including phenoxy) is 2. The van der Waals surface area contributed by atoms with Gasteiger partial charge in [0.05, 0.1) is 5.56 Å². The molecule has 0 heterocycles. The quantitative estimate of drug-likeness (QED) is 0.798. The van der Waals surface area contributed by atoms with E-state index < -0.39 is 23.8 Å². The normalized spacial score (nSPS) is 15.0. The summed E-state index contributed by atoms with van der Waals surface area (Å²) in [6, 6.07) is 6.37. The Morgan fingerprint density at radius 1 is 1.12 bits per heavy atom. The van der Waals surface area contributed by atoms with Gasteiger partial charge in [0.1, 0.15) is 5.60 Å². The van der Waals surface area contributed by atoms with Gasteiger partial charge in [-0.25, -0.2) is 9.59 Å². The van der Waals surface area contributed by atoms with Crippen molar-refractivity contribution < 1.29 is 23.9 Å². The van der Waals surface area contributed by atoms with E-state index in [1.54, 1.807) is 32.9 Å². The van der Waals surface area contributed by atoms with Crippen molar-refractivity contribution in [3.05, 3.63) is 29.8 Å². The number of hydrogen-bond acceptors (Lipinski definition) is 5. The summed E-state index contributed by atoms with van der Waals surface area (Å²) in [6.45, 7) is 6.85. The van der Waals surface area contributed by atoms with Gasteiger partial charge >= 0.3 is 12.1 Å². The van der Waals surface area contributed by atoms with Crippen molar-refractivity contribution in [1.29, 1.82) is 0 Å². The molecule has 0 spiro atoms. The van der Waals surface area contributed by atoms with Crippen LogP contribution in [0.25, 0.3) is 0 Å². The van der Waals surface area contributed by atoms with Crippen LogP contribution in [0, 0.1) is 0 Å². The van der Waals surface area contributed by atoms with Gasteiger partial charge in [0.25, 0.3) is 5.91 Å². The zero-order valence-corrected chi connectivity index (χ0v) is 14.9. The molecule has 1 atom stereocenters. The number of carbonyl (C=O) groups excluding carboxylic acids is 3. The third-order valence-corrected chi connectivity index (χ3v) is 3.34. The first kappa shape index (κ1) is 18.8. The summed E-state index contributed by atoms with van der Waals surface area (Å²) in [5.41, 5.74) is 0.191. The molecule has 1 saturated carbocycles. The Hall–Kier alpha value is -2.57. The first-order valence-electron chi connectivity index (χ1n) is 8.25. The molecule has 2 N–H and O–H groups in total. The SMILES string of the molecule is CC(OC(=O)c1ccc(NC(=O)OC(C)(C)C)cc1)C(=O)NC1CC1. The van der Waals surface area contributed by atoms with Crippen molar-refractivity contribution in [2.75, 3.05) is 5.32 Å². The summed E-state index contributed by atoms with van der Waals surface area (Å²) >= 11 is 0. The third-order valence-electron chi connectivity index (χ3n) is 3.34. The van der Waals surface area contributed by atoms with E-state index in [1.807, 2.05) is 0 Å². The Labute approximate surface area is 147 Å². The molecule has 0 aromatic heterocycles. The van der Waals surface area contributed by atoms with Crippen LogP contribution in [0.3, 0.4) is 0 Å². The molecular weight excluding hydrogens is 324 g/mol. The Bertz CT molecular complexity index is 644. The van der Waals surface area contributed by atoms with Crippen LogP contribution in [0.15, 0.2) is 24.3 Å². The first-order chi connectivity index (χ1) is 11.6. The van der Waals surface area contributed by atoms with Crippen LogP contribution in [0.4, 0.5) is 10.5 Å². The lowest BCUT2D eigenvalue weighted by molar-refractivity contribution is -0.129. The van der Waals surface area contributed by atoms with E-state index >= 15 is 0 Å². The van der Waals surface area contributed by atoms with Gasteiger partial charge in [0, 0.05) is 11.7 Å².